The average molecular weight is 639 g/mol. The van der Waals surface area contributed by atoms with Crippen molar-refractivity contribution in [3.8, 4) is 22.4 Å². The van der Waals surface area contributed by atoms with Crippen LogP contribution in [-0.2, 0) is 14.3 Å². The van der Waals surface area contributed by atoms with Gasteiger partial charge in [-0.3, -0.25) is 19.3 Å². The molecule has 2 aliphatic carbocycles. The van der Waals surface area contributed by atoms with E-state index in [9.17, 15) is 19.2 Å². The van der Waals surface area contributed by atoms with E-state index in [0.717, 1.165) is 17.5 Å². The molecule has 47 heavy (non-hydrogen) atoms. The van der Waals surface area contributed by atoms with Gasteiger partial charge < -0.3 is 4.74 Å². The maximum Gasteiger partial charge on any atom is 0.339 e. The van der Waals surface area contributed by atoms with Gasteiger partial charge in [-0.15, -0.1) is 0 Å². The van der Waals surface area contributed by atoms with Gasteiger partial charge in [0.25, 0.3) is 0 Å². The number of allylic oxidation sites excluding steroid dienone is 2. The van der Waals surface area contributed by atoms with Crippen LogP contribution in [0.15, 0.2) is 115 Å². The Morgan fingerprint density at radius 2 is 1.40 bits per heavy atom. The Balaban J connectivity index is 1.03. The van der Waals surface area contributed by atoms with Crippen LogP contribution in [0.1, 0.15) is 27.1 Å². The fourth-order valence-electron chi connectivity index (χ4n) is 7.24. The lowest BCUT2D eigenvalue weighted by Gasteiger charge is -2.18. The number of ketones is 1. The zero-order valence-electron chi connectivity index (χ0n) is 25.0. The van der Waals surface area contributed by atoms with Gasteiger partial charge in [0.1, 0.15) is 0 Å². The van der Waals surface area contributed by atoms with Gasteiger partial charge in [-0.2, -0.15) is 0 Å². The molecule has 1 aromatic heterocycles. The van der Waals surface area contributed by atoms with Crippen molar-refractivity contribution in [2.45, 2.75) is 6.42 Å². The normalized spacial score (nSPS) is 21.0. The summed E-state index contributed by atoms with van der Waals surface area (Å²) in [6.45, 7) is -0.435. The van der Waals surface area contributed by atoms with Crippen molar-refractivity contribution >= 4 is 51.8 Å². The summed E-state index contributed by atoms with van der Waals surface area (Å²) in [6, 6.07) is 30.7. The van der Waals surface area contributed by atoms with E-state index in [1.807, 2.05) is 42.5 Å². The molecule has 4 unspecified atom stereocenters. The molecule has 0 spiro atoms. The van der Waals surface area contributed by atoms with Crippen molar-refractivity contribution in [3.63, 3.8) is 0 Å². The molecular weight excluding hydrogens is 612 g/mol. The van der Waals surface area contributed by atoms with Gasteiger partial charge in [0.15, 0.2) is 12.4 Å². The summed E-state index contributed by atoms with van der Waals surface area (Å²) in [7, 11) is 0. The van der Waals surface area contributed by atoms with E-state index < -0.39 is 12.6 Å². The predicted octanol–water partition coefficient (Wildman–Crippen LogP) is 7.57. The minimum absolute atomic E-state index is 0.130. The summed E-state index contributed by atoms with van der Waals surface area (Å²) in [5.41, 5.74) is 4.68. The minimum atomic E-state index is -0.685. The Morgan fingerprint density at radius 3 is 2.09 bits per heavy atom. The standard InChI is InChI=1S/C39H27ClN2O5/c40-31-8-4-7-29-30(39(46)47-21-33(43)25-11-9-23(10-12-25)22-5-2-1-3-6-22)20-32(41-36(29)31)24-15-17-28(18-16-24)42-37(44)34-26-13-14-27(19-26)35(34)38(42)45/h1-18,20,26-27,34-35H,19,21H2. The Labute approximate surface area is 275 Å². The monoisotopic (exact) mass is 638 g/mol. The summed E-state index contributed by atoms with van der Waals surface area (Å²) in [5.74, 6) is -1.61. The van der Waals surface area contributed by atoms with Crippen molar-refractivity contribution in [1.82, 2.24) is 4.98 Å². The van der Waals surface area contributed by atoms with Crippen molar-refractivity contribution in [2.75, 3.05) is 11.5 Å². The molecule has 1 saturated heterocycles. The topological polar surface area (TPSA) is 93.6 Å². The van der Waals surface area contributed by atoms with Crippen LogP contribution in [0.4, 0.5) is 5.69 Å². The van der Waals surface area contributed by atoms with Crippen LogP contribution >= 0.6 is 11.6 Å². The number of pyridine rings is 1. The predicted molar refractivity (Wildman–Crippen MR) is 179 cm³/mol. The summed E-state index contributed by atoms with van der Waals surface area (Å²) in [5, 5.41) is 0.846. The number of esters is 1. The lowest BCUT2D eigenvalue weighted by molar-refractivity contribution is -0.123. The second kappa shape index (κ2) is 11.4. The van der Waals surface area contributed by atoms with Crippen LogP contribution in [0.25, 0.3) is 33.3 Å². The maximum absolute atomic E-state index is 13.5. The number of nitrogens with zero attached hydrogens (tertiary/aromatic N) is 2. The Hall–Kier alpha value is -5.40. The van der Waals surface area contributed by atoms with Gasteiger partial charge in [-0.05, 0) is 53.6 Å². The first-order chi connectivity index (χ1) is 22.9. The van der Waals surface area contributed by atoms with Crippen molar-refractivity contribution < 1.29 is 23.9 Å². The molecule has 8 rings (SSSR count). The van der Waals surface area contributed by atoms with Crippen LogP contribution in [0.2, 0.25) is 5.02 Å². The molecule has 2 fully saturated rings. The number of amides is 2. The molecule has 4 atom stereocenters. The number of carbonyl (C=O) groups excluding carboxylic acids is 4. The van der Waals surface area contributed by atoms with Gasteiger partial charge in [0, 0.05) is 16.5 Å². The number of aromatic nitrogens is 1. The maximum atomic E-state index is 13.5. The number of para-hydroxylation sites is 1. The second-order valence-electron chi connectivity index (χ2n) is 12.2. The molecule has 1 aliphatic heterocycles. The number of ether oxygens (including phenoxy) is 1. The third-order valence-corrected chi connectivity index (χ3v) is 9.86. The van der Waals surface area contributed by atoms with Gasteiger partial charge in [0.2, 0.25) is 11.8 Å². The van der Waals surface area contributed by atoms with E-state index in [4.69, 9.17) is 21.3 Å². The summed E-state index contributed by atoms with van der Waals surface area (Å²) < 4.78 is 5.52. The summed E-state index contributed by atoms with van der Waals surface area (Å²) in [4.78, 5) is 59.0. The quantitative estimate of drug-likeness (QED) is 0.0790. The van der Waals surface area contributed by atoms with Crippen molar-refractivity contribution in [3.05, 3.63) is 131 Å². The molecular formula is C39H27ClN2O5. The lowest BCUT2D eigenvalue weighted by Crippen LogP contribution is -2.32. The Bertz CT molecular complexity index is 2100. The zero-order valence-corrected chi connectivity index (χ0v) is 25.8. The van der Waals surface area contributed by atoms with Crippen LogP contribution in [-0.4, -0.2) is 35.2 Å². The summed E-state index contributed by atoms with van der Waals surface area (Å²) >= 11 is 6.52. The summed E-state index contributed by atoms with van der Waals surface area (Å²) in [6.07, 6.45) is 5.01. The van der Waals surface area contributed by atoms with E-state index >= 15 is 0 Å². The third kappa shape index (κ3) is 4.95. The zero-order chi connectivity index (χ0) is 32.2. The number of anilines is 1. The second-order valence-corrected chi connectivity index (χ2v) is 12.6. The molecule has 5 aromatic rings. The van der Waals surface area contributed by atoms with Gasteiger partial charge >= 0.3 is 5.97 Å². The van der Waals surface area contributed by atoms with Crippen LogP contribution in [0, 0.1) is 23.7 Å². The molecule has 230 valence electrons. The smallest absolute Gasteiger partial charge is 0.339 e. The Morgan fingerprint density at radius 1 is 0.766 bits per heavy atom. The minimum Gasteiger partial charge on any atom is -0.454 e. The molecule has 7 nitrogen and oxygen atoms in total. The van der Waals surface area contributed by atoms with Gasteiger partial charge in [-0.1, -0.05) is 103 Å². The highest BCUT2D eigenvalue weighted by Gasteiger charge is 2.59. The number of halogens is 1. The van der Waals surface area contributed by atoms with Gasteiger partial charge in [-0.25, -0.2) is 9.78 Å². The number of benzene rings is 4. The average Bonchev–Trinajstić information content (AvgIpc) is 3.80. The molecule has 2 amide bonds. The number of rotatable bonds is 7. The molecule has 2 bridgehead atoms. The number of fused-ring (bicyclic) bond motifs is 6. The number of carbonyl (C=O) groups is 4. The van der Waals surface area contributed by atoms with Crippen LogP contribution in [0.3, 0.4) is 0 Å². The van der Waals surface area contributed by atoms with E-state index in [1.54, 1.807) is 60.7 Å². The molecule has 4 aromatic carbocycles. The van der Waals surface area contributed by atoms with E-state index in [-0.39, 0.29) is 46.8 Å². The number of imide groups is 1. The van der Waals surface area contributed by atoms with Crippen molar-refractivity contribution in [1.29, 1.82) is 0 Å². The first-order valence-electron chi connectivity index (χ1n) is 15.5. The SMILES string of the molecule is O=C(COC(=O)c1cc(-c2ccc(N3C(=O)C4C5C=CC(C5)C4C3=O)cc2)nc2c(Cl)cccc12)c1ccc(-c2ccccc2)cc1. The largest absolute Gasteiger partial charge is 0.454 e. The van der Waals surface area contributed by atoms with Crippen molar-refractivity contribution in [2.24, 2.45) is 23.7 Å². The molecule has 3 aliphatic rings. The highest BCUT2D eigenvalue weighted by molar-refractivity contribution is 6.35. The number of hydrogen-bond acceptors (Lipinski definition) is 6. The van der Waals surface area contributed by atoms with E-state index in [0.29, 0.717) is 38.4 Å². The fraction of sp³-hybridized carbons (Fsp3) is 0.154. The molecule has 0 radical (unpaired) electrons. The van der Waals surface area contributed by atoms with Crippen LogP contribution in [0.5, 0.6) is 0 Å². The highest BCUT2D eigenvalue weighted by Crippen LogP contribution is 2.53. The molecule has 2 heterocycles. The first kappa shape index (κ1) is 29.0. The van der Waals surface area contributed by atoms with E-state index in [1.165, 1.54) is 4.90 Å². The number of hydrogen-bond donors (Lipinski definition) is 0. The number of Topliss-reactive ketones (excluding diaryl/α,β-unsaturated/α-hetero) is 1. The van der Waals surface area contributed by atoms with Gasteiger partial charge in [0.05, 0.1) is 39.3 Å². The van der Waals surface area contributed by atoms with Crippen LogP contribution < -0.4 is 4.90 Å². The third-order valence-electron chi connectivity index (χ3n) is 9.55. The Kier molecular flexibility index (Phi) is 7.07. The highest BCUT2D eigenvalue weighted by atomic mass is 35.5. The molecule has 1 saturated carbocycles. The lowest BCUT2D eigenvalue weighted by atomic mass is 9.85. The molecule has 0 N–H and O–H groups in total. The molecule has 8 heteroatoms. The first-order valence-corrected chi connectivity index (χ1v) is 15.9. The fourth-order valence-corrected chi connectivity index (χ4v) is 7.46. The van der Waals surface area contributed by atoms with E-state index in [2.05, 4.69) is 12.2 Å².